The van der Waals surface area contributed by atoms with Crippen molar-refractivity contribution < 1.29 is 18.3 Å². The number of ether oxygens (including phenoxy) is 2. The molecule has 0 saturated heterocycles. The Morgan fingerprint density at radius 2 is 1.80 bits per heavy atom. The zero-order valence-electron chi connectivity index (χ0n) is 11.2. The van der Waals surface area contributed by atoms with Gasteiger partial charge in [0.05, 0.1) is 19.9 Å². The molecule has 0 aliphatic heterocycles. The Bertz CT molecular complexity index is 602. The molecule has 3 nitrogen and oxygen atoms in total. The molecule has 20 heavy (non-hydrogen) atoms. The number of rotatable bonds is 5. The van der Waals surface area contributed by atoms with Crippen LogP contribution in [0.2, 0.25) is 0 Å². The van der Waals surface area contributed by atoms with Crippen molar-refractivity contribution in [2.24, 2.45) is 0 Å². The molecule has 106 valence electrons. The van der Waals surface area contributed by atoms with E-state index in [0.717, 1.165) is 23.8 Å². The summed E-state index contributed by atoms with van der Waals surface area (Å²) in [6.07, 6.45) is 0. The highest BCUT2D eigenvalue weighted by Crippen LogP contribution is 2.25. The molecule has 0 amide bonds. The van der Waals surface area contributed by atoms with Gasteiger partial charge in [0.15, 0.2) is 0 Å². The van der Waals surface area contributed by atoms with Crippen LogP contribution in [0.3, 0.4) is 0 Å². The Kier molecular flexibility index (Phi) is 4.40. The lowest BCUT2D eigenvalue weighted by Crippen LogP contribution is -2.04. The quantitative estimate of drug-likeness (QED) is 0.907. The third-order valence-electron chi connectivity index (χ3n) is 2.89. The summed E-state index contributed by atoms with van der Waals surface area (Å²) < 4.78 is 37.0. The van der Waals surface area contributed by atoms with Crippen molar-refractivity contribution in [2.45, 2.75) is 6.54 Å². The van der Waals surface area contributed by atoms with Crippen molar-refractivity contribution >= 4 is 5.69 Å². The van der Waals surface area contributed by atoms with Crippen LogP contribution in [-0.2, 0) is 6.54 Å². The summed E-state index contributed by atoms with van der Waals surface area (Å²) in [6, 6.07) is 8.58. The van der Waals surface area contributed by atoms with Crippen molar-refractivity contribution in [1.82, 2.24) is 0 Å². The van der Waals surface area contributed by atoms with E-state index >= 15 is 0 Å². The van der Waals surface area contributed by atoms with Gasteiger partial charge in [-0.25, -0.2) is 8.78 Å². The van der Waals surface area contributed by atoms with Crippen LogP contribution in [0.1, 0.15) is 5.56 Å². The van der Waals surface area contributed by atoms with E-state index in [1.807, 2.05) is 0 Å². The molecule has 0 saturated carbocycles. The van der Waals surface area contributed by atoms with Crippen LogP contribution < -0.4 is 14.8 Å². The van der Waals surface area contributed by atoms with Crippen LogP contribution in [0.4, 0.5) is 14.5 Å². The van der Waals surface area contributed by atoms with E-state index in [2.05, 4.69) is 5.32 Å². The van der Waals surface area contributed by atoms with Gasteiger partial charge in [-0.3, -0.25) is 0 Å². The average molecular weight is 279 g/mol. The minimum atomic E-state index is -0.506. The molecule has 2 rings (SSSR count). The molecule has 1 N–H and O–H groups in total. The molecule has 0 spiro atoms. The summed E-state index contributed by atoms with van der Waals surface area (Å²) in [5, 5.41) is 2.85. The van der Waals surface area contributed by atoms with Gasteiger partial charge in [0.2, 0.25) is 0 Å². The van der Waals surface area contributed by atoms with E-state index in [1.54, 1.807) is 32.4 Å². The summed E-state index contributed by atoms with van der Waals surface area (Å²) in [5.74, 6) is 0.317. The van der Waals surface area contributed by atoms with Gasteiger partial charge in [-0.1, -0.05) is 0 Å². The number of nitrogens with one attached hydrogen (secondary N) is 1. The average Bonchev–Trinajstić information content (AvgIpc) is 2.47. The summed E-state index contributed by atoms with van der Waals surface area (Å²) in [7, 11) is 3.11. The SMILES string of the molecule is COc1ccc(OC)c(CNc2cc(F)ccc2F)c1. The van der Waals surface area contributed by atoms with Gasteiger partial charge < -0.3 is 14.8 Å². The monoisotopic (exact) mass is 279 g/mol. The molecule has 0 atom stereocenters. The van der Waals surface area contributed by atoms with Crippen molar-refractivity contribution in [2.75, 3.05) is 19.5 Å². The Balaban J connectivity index is 2.19. The fourth-order valence-corrected chi connectivity index (χ4v) is 1.84. The molecule has 0 aliphatic carbocycles. The third kappa shape index (κ3) is 3.17. The van der Waals surface area contributed by atoms with Crippen LogP contribution >= 0.6 is 0 Å². The first-order valence-electron chi connectivity index (χ1n) is 6.04. The molecular formula is C15H15F2NO2. The first-order chi connectivity index (χ1) is 9.63. The molecule has 5 heteroatoms. The number of halogens is 2. The Morgan fingerprint density at radius 3 is 2.50 bits per heavy atom. The topological polar surface area (TPSA) is 30.5 Å². The Morgan fingerprint density at radius 1 is 1.00 bits per heavy atom. The molecule has 0 bridgehead atoms. The smallest absolute Gasteiger partial charge is 0.146 e. The lowest BCUT2D eigenvalue weighted by molar-refractivity contribution is 0.399. The van der Waals surface area contributed by atoms with Gasteiger partial charge in [0.25, 0.3) is 0 Å². The standard InChI is InChI=1S/C15H15F2NO2/c1-19-12-4-6-15(20-2)10(7-12)9-18-14-8-11(16)3-5-13(14)17/h3-8,18H,9H2,1-2H3. The molecule has 2 aromatic rings. The second-order valence-electron chi connectivity index (χ2n) is 4.16. The fourth-order valence-electron chi connectivity index (χ4n) is 1.84. The van der Waals surface area contributed by atoms with Crippen LogP contribution in [-0.4, -0.2) is 14.2 Å². The molecular weight excluding hydrogens is 264 g/mol. The largest absolute Gasteiger partial charge is 0.497 e. The summed E-state index contributed by atoms with van der Waals surface area (Å²) in [5.41, 5.74) is 0.894. The second kappa shape index (κ2) is 6.23. The van der Waals surface area contributed by atoms with Gasteiger partial charge in [-0.05, 0) is 36.4 Å². The maximum Gasteiger partial charge on any atom is 0.146 e. The Labute approximate surface area is 116 Å². The first-order valence-corrected chi connectivity index (χ1v) is 6.04. The van der Waals surface area contributed by atoms with E-state index in [9.17, 15) is 8.78 Å². The van der Waals surface area contributed by atoms with Gasteiger partial charge in [-0.15, -0.1) is 0 Å². The molecule has 0 radical (unpaired) electrons. The second-order valence-corrected chi connectivity index (χ2v) is 4.16. The number of benzene rings is 2. The summed E-state index contributed by atoms with van der Waals surface area (Å²) >= 11 is 0. The zero-order chi connectivity index (χ0) is 14.5. The maximum atomic E-state index is 13.5. The maximum absolute atomic E-state index is 13.5. The molecule has 0 aliphatic rings. The van der Waals surface area contributed by atoms with Crippen molar-refractivity contribution in [3.05, 3.63) is 53.6 Å². The minimum Gasteiger partial charge on any atom is -0.497 e. The van der Waals surface area contributed by atoms with E-state index in [4.69, 9.17) is 9.47 Å². The summed E-state index contributed by atoms with van der Waals surface area (Å²) in [6.45, 7) is 0.292. The van der Waals surface area contributed by atoms with Crippen LogP contribution in [0, 0.1) is 11.6 Å². The number of hydrogen-bond acceptors (Lipinski definition) is 3. The lowest BCUT2D eigenvalue weighted by atomic mass is 10.1. The molecule has 0 aromatic heterocycles. The molecule has 0 unspecified atom stereocenters. The van der Waals surface area contributed by atoms with Crippen molar-refractivity contribution in [1.29, 1.82) is 0 Å². The minimum absolute atomic E-state index is 0.106. The van der Waals surface area contributed by atoms with E-state index in [-0.39, 0.29) is 5.69 Å². The lowest BCUT2D eigenvalue weighted by Gasteiger charge is -2.12. The highest BCUT2D eigenvalue weighted by Gasteiger charge is 2.07. The van der Waals surface area contributed by atoms with Gasteiger partial charge in [0.1, 0.15) is 23.1 Å². The van der Waals surface area contributed by atoms with Crippen molar-refractivity contribution in [3.63, 3.8) is 0 Å². The van der Waals surface area contributed by atoms with Crippen LogP contribution in [0.5, 0.6) is 11.5 Å². The number of methoxy groups -OCH3 is 2. The number of hydrogen-bond donors (Lipinski definition) is 1. The molecule has 0 heterocycles. The van der Waals surface area contributed by atoms with Crippen LogP contribution in [0.15, 0.2) is 36.4 Å². The normalized spacial score (nSPS) is 10.2. The predicted octanol–water partition coefficient (Wildman–Crippen LogP) is 3.59. The molecule has 0 fully saturated rings. The highest BCUT2D eigenvalue weighted by molar-refractivity contribution is 5.48. The first kappa shape index (κ1) is 14.1. The van der Waals surface area contributed by atoms with E-state index in [1.165, 1.54) is 0 Å². The van der Waals surface area contributed by atoms with Crippen molar-refractivity contribution in [3.8, 4) is 11.5 Å². The van der Waals surface area contributed by atoms with E-state index in [0.29, 0.717) is 18.0 Å². The van der Waals surface area contributed by atoms with Gasteiger partial charge >= 0.3 is 0 Å². The number of anilines is 1. The highest BCUT2D eigenvalue weighted by atomic mass is 19.1. The predicted molar refractivity (Wildman–Crippen MR) is 73.2 cm³/mol. The van der Waals surface area contributed by atoms with Gasteiger partial charge in [0, 0.05) is 12.1 Å². The van der Waals surface area contributed by atoms with Gasteiger partial charge in [-0.2, -0.15) is 0 Å². The zero-order valence-corrected chi connectivity index (χ0v) is 11.2. The van der Waals surface area contributed by atoms with E-state index < -0.39 is 11.6 Å². The molecule has 2 aromatic carbocycles. The Hall–Kier alpha value is -2.30. The fraction of sp³-hybridized carbons (Fsp3) is 0.200. The van der Waals surface area contributed by atoms with Crippen LogP contribution in [0.25, 0.3) is 0 Å². The third-order valence-corrected chi connectivity index (χ3v) is 2.89. The summed E-state index contributed by atoms with van der Waals surface area (Å²) in [4.78, 5) is 0.